The van der Waals surface area contributed by atoms with Gasteiger partial charge in [0, 0.05) is 25.2 Å². The molecule has 1 unspecified atom stereocenters. The molecule has 0 bridgehead atoms. The smallest absolute Gasteiger partial charge is 0.118 e. The van der Waals surface area contributed by atoms with Crippen molar-refractivity contribution in [3.63, 3.8) is 0 Å². The average Bonchev–Trinajstić information content (AvgIpc) is 2.59. The van der Waals surface area contributed by atoms with Crippen LogP contribution in [-0.2, 0) is 6.54 Å². The number of methoxy groups -OCH3 is 1. The maximum absolute atomic E-state index is 6.11. The molecule has 1 saturated heterocycles. The van der Waals surface area contributed by atoms with Crippen LogP contribution >= 0.6 is 0 Å². The number of benzene rings is 1. The highest BCUT2D eigenvalue weighted by molar-refractivity contribution is 5.27. The largest absolute Gasteiger partial charge is 0.497 e. The van der Waals surface area contributed by atoms with E-state index in [0.717, 1.165) is 31.8 Å². The lowest BCUT2D eigenvalue weighted by molar-refractivity contribution is 0.309. The van der Waals surface area contributed by atoms with Gasteiger partial charge in [0.1, 0.15) is 5.75 Å². The molecule has 1 aromatic carbocycles. The molecule has 3 heteroatoms. The first-order chi connectivity index (χ1) is 7.59. The van der Waals surface area contributed by atoms with E-state index in [-0.39, 0.29) is 5.54 Å². The molecule has 1 aromatic rings. The van der Waals surface area contributed by atoms with Crippen LogP contribution in [0.1, 0.15) is 18.9 Å². The lowest BCUT2D eigenvalue weighted by Crippen LogP contribution is -2.38. The highest BCUT2D eigenvalue weighted by atomic mass is 16.5. The van der Waals surface area contributed by atoms with E-state index < -0.39 is 0 Å². The maximum Gasteiger partial charge on any atom is 0.118 e. The highest BCUT2D eigenvalue weighted by Crippen LogP contribution is 2.20. The number of ether oxygens (including phenoxy) is 1. The second kappa shape index (κ2) is 4.44. The van der Waals surface area contributed by atoms with Crippen LogP contribution in [0.3, 0.4) is 0 Å². The summed E-state index contributed by atoms with van der Waals surface area (Å²) in [6, 6.07) is 8.25. The zero-order valence-electron chi connectivity index (χ0n) is 10.1. The van der Waals surface area contributed by atoms with Crippen molar-refractivity contribution in [2.75, 3.05) is 20.2 Å². The Hall–Kier alpha value is -1.06. The standard InChI is InChI=1S/C13H20N2O/c1-13(14)7-8-15(10-13)9-11-3-5-12(16-2)6-4-11/h3-6H,7-10,14H2,1-2H3. The molecule has 0 saturated carbocycles. The van der Waals surface area contributed by atoms with Crippen LogP contribution < -0.4 is 10.5 Å². The van der Waals surface area contributed by atoms with Gasteiger partial charge in [-0.25, -0.2) is 0 Å². The van der Waals surface area contributed by atoms with Crippen LogP contribution in [-0.4, -0.2) is 30.6 Å². The third-order valence-electron chi connectivity index (χ3n) is 3.15. The molecule has 1 heterocycles. The fourth-order valence-electron chi connectivity index (χ4n) is 2.21. The van der Waals surface area contributed by atoms with E-state index in [1.54, 1.807) is 7.11 Å². The van der Waals surface area contributed by atoms with Crippen LogP contribution in [0, 0.1) is 0 Å². The minimum Gasteiger partial charge on any atom is -0.497 e. The summed E-state index contributed by atoms with van der Waals surface area (Å²) < 4.78 is 5.14. The number of rotatable bonds is 3. The molecule has 1 atom stereocenters. The van der Waals surface area contributed by atoms with Gasteiger partial charge in [0.25, 0.3) is 0 Å². The Labute approximate surface area is 97.2 Å². The third kappa shape index (κ3) is 2.74. The molecule has 1 aliphatic heterocycles. The van der Waals surface area contributed by atoms with Crippen molar-refractivity contribution in [1.29, 1.82) is 0 Å². The highest BCUT2D eigenvalue weighted by Gasteiger charge is 2.29. The van der Waals surface area contributed by atoms with Gasteiger partial charge in [-0.05, 0) is 31.0 Å². The first-order valence-electron chi connectivity index (χ1n) is 5.73. The van der Waals surface area contributed by atoms with Gasteiger partial charge in [-0.2, -0.15) is 0 Å². The molecule has 1 fully saturated rings. The van der Waals surface area contributed by atoms with Crippen molar-refractivity contribution in [3.8, 4) is 5.75 Å². The van der Waals surface area contributed by atoms with Gasteiger partial charge in [-0.1, -0.05) is 12.1 Å². The van der Waals surface area contributed by atoms with E-state index in [2.05, 4.69) is 24.0 Å². The SMILES string of the molecule is COc1ccc(CN2CCC(C)(N)C2)cc1. The summed E-state index contributed by atoms with van der Waals surface area (Å²) >= 11 is 0. The second-order valence-electron chi connectivity index (χ2n) is 4.96. The van der Waals surface area contributed by atoms with Gasteiger partial charge in [-0.15, -0.1) is 0 Å². The minimum absolute atomic E-state index is 0.00747. The number of nitrogens with zero attached hydrogens (tertiary/aromatic N) is 1. The van der Waals surface area contributed by atoms with Crippen LogP contribution in [0.2, 0.25) is 0 Å². The van der Waals surface area contributed by atoms with Gasteiger partial charge in [0.15, 0.2) is 0 Å². The maximum atomic E-state index is 6.11. The first kappa shape index (κ1) is 11.4. The summed E-state index contributed by atoms with van der Waals surface area (Å²) in [5.74, 6) is 0.911. The molecule has 2 rings (SSSR count). The molecule has 0 aliphatic carbocycles. The van der Waals surface area contributed by atoms with Crippen LogP contribution in [0.25, 0.3) is 0 Å². The Kier molecular flexibility index (Phi) is 3.17. The molecule has 16 heavy (non-hydrogen) atoms. The zero-order valence-corrected chi connectivity index (χ0v) is 10.1. The minimum atomic E-state index is -0.00747. The molecule has 0 amide bonds. The number of hydrogen-bond donors (Lipinski definition) is 1. The lowest BCUT2D eigenvalue weighted by atomic mass is 10.0. The molecule has 88 valence electrons. The summed E-state index contributed by atoms with van der Waals surface area (Å²) in [5.41, 5.74) is 7.42. The van der Waals surface area contributed by atoms with Gasteiger partial charge in [0.05, 0.1) is 7.11 Å². The van der Waals surface area contributed by atoms with Crippen molar-refractivity contribution in [3.05, 3.63) is 29.8 Å². The Morgan fingerprint density at radius 1 is 1.38 bits per heavy atom. The fourth-order valence-corrected chi connectivity index (χ4v) is 2.21. The molecular weight excluding hydrogens is 200 g/mol. The first-order valence-corrected chi connectivity index (χ1v) is 5.73. The predicted octanol–water partition coefficient (Wildman–Crippen LogP) is 1.62. The monoisotopic (exact) mass is 220 g/mol. The van der Waals surface area contributed by atoms with Gasteiger partial charge < -0.3 is 10.5 Å². The van der Waals surface area contributed by atoms with Crippen molar-refractivity contribution < 1.29 is 4.74 Å². The number of likely N-dealkylation sites (tertiary alicyclic amines) is 1. The van der Waals surface area contributed by atoms with E-state index in [4.69, 9.17) is 10.5 Å². The van der Waals surface area contributed by atoms with Crippen LogP contribution in [0.4, 0.5) is 0 Å². The number of hydrogen-bond acceptors (Lipinski definition) is 3. The van der Waals surface area contributed by atoms with Crippen molar-refractivity contribution in [2.24, 2.45) is 5.73 Å². The molecular formula is C13H20N2O. The summed E-state index contributed by atoms with van der Waals surface area (Å²) in [7, 11) is 1.69. The van der Waals surface area contributed by atoms with Crippen LogP contribution in [0.15, 0.2) is 24.3 Å². The van der Waals surface area contributed by atoms with Gasteiger partial charge in [-0.3, -0.25) is 4.90 Å². The zero-order chi connectivity index (χ0) is 11.6. The Morgan fingerprint density at radius 3 is 2.56 bits per heavy atom. The summed E-state index contributed by atoms with van der Waals surface area (Å²) in [6.45, 7) is 5.19. The van der Waals surface area contributed by atoms with Crippen LogP contribution in [0.5, 0.6) is 5.75 Å². The quantitative estimate of drug-likeness (QED) is 0.841. The van der Waals surface area contributed by atoms with Gasteiger partial charge >= 0.3 is 0 Å². The average molecular weight is 220 g/mol. The summed E-state index contributed by atoms with van der Waals surface area (Å²) in [6.07, 6.45) is 1.09. The van der Waals surface area contributed by atoms with Crippen molar-refractivity contribution in [2.45, 2.75) is 25.4 Å². The summed E-state index contributed by atoms with van der Waals surface area (Å²) in [4.78, 5) is 2.40. The number of nitrogens with two attached hydrogens (primary N) is 1. The Balaban J connectivity index is 1.94. The van der Waals surface area contributed by atoms with E-state index in [1.807, 2.05) is 12.1 Å². The van der Waals surface area contributed by atoms with E-state index in [1.165, 1.54) is 5.56 Å². The molecule has 0 aromatic heterocycles. The fraction of sp³-hybridized carbons (Fsp3) is 0.538. The predicted molar refractivity (Wildman–Crippen MR) is 65.5 cm³/mol. The third-order valence-corrected chi connectivity index (χ3v) is 3.15. The Morgan fingerprint density at radius 2 is 2.06 bits per heavy atom. The molecule has 0 spiro atoms. The second-order valence-corrected chi connectivity index (χ2v) is 4.96. The molecule has 0 radical (unpaired) electrons. The normalized spacial score (nSPS) is 25.9. The lowest BCUT2D eigenvalue weighted by Gasteiger charge is -2.19. The topological polar surface area (TPSA) is 38.5 Å². The molecule has 2 N–H and O–H groups in total. The van der Waals surface area contributed by atoms with E-state index in [9.17, 15) is 0 Å². The van der Waals surface area contributed by atoms with Gasteiger partial charge in [0.2, 0.25) is 0 Å². The van der Waals surface area contributed by atoms with E-state index >= 15 is 0 Å². The van der Waals surface area contributed by atoms with Crippen molar-refractivity contribution >= 4 is 0 Å². The van der Waals surface area contributed by atoms with Crippen molar-refractivity contribution in [1.82, 2.24) is 4.90 Å². The van der Waals surface area contributed by atoms with E-state index in [0.29, 0.717) is 0 Å². The summed E-state index contributed by atoms with van der Waals surface area (Å²) in [5, 5.41) is 0. The Bertz CT molecular complexity index is 345. The molecule has 3 nitrogen and oxygen atoms in total. The molecule has 1 aliphatic rings.